The van der Waals surface area contributed by atoms with Gasteiger partial charge < -0.3 is 10.5 Å². The Hall–Kier alpha value is -1.39. The van der Waals surface area contributed by atoms with Crippen molar-refractivity contribution in [2.24, 2.45) is 5.73 Å². The van der Waals surface area contributed by atoms with Gasteiger partial charge in [0.15, 0.2) is 0 Å². The van der Waals surface area contributed by atoms with E-state index < -0.39 is 0 Å². The lowest BCUT2D eigenvalue weighted by atomic mass is 10.2. The van der Waals surface area contributed by atoms with Crippen molar-refractivity contribution in [2.75, 3.05) is 7.11 Å². The molecule has 0 amide bonds. The maximum atomic E-state index is 5.78. The minimum atomic E-state index is -0.00278. The molecule has 1 atom stereocenters. The quantitative estimate of drug-likeness (QED) is 0.888. The third-order valence-electron chi connectivity index (χ3n) is 2.29. The lowest BCUT2D eigenvalue weighted by Crippen LogP contribution is -2.03. The summed E-state index contributed by atoms with van der Waals surface area (Å²) < 4.78 is 5.12. The van der Waals surface area contributed by atoms with Gasteiger partial charge in [-0.1, -0.05) is 0 Å². The maximum absolute atomic E-state index is 5.78. The first-order valence-corrected chi connectivity index (χ1v) is 5.88. The summed E-state index contributed by atoms with van der Waals surface area (Å²) in [6, 6.07) is 7.94. The second kappa shape index (κ2) is 4.63. The fourth-order valence-corrected chi connectivity index (χ4v) is 2.26. The van der Waals surface area contributed by atoms with Crippen LogP contribution in [0.25, 0.3) is 10.4 Å². The zero-order valence-corrected chi connectivity index (χ0v) is 10.1. The Morgan fingerprint density at radius 3 is 2.50 bits per heavy atom. The standard InChI is InChI=1S/C12H14N2OS/c1-8(13)12-14-7-11(16-12)9-3-5-10(15-2)6-4-9/h3-8H,13H2,1-2H3. The minimum absolute atomic E-state index is 0.00278. The molecular formula is C12H14N2OS. The van der Waals surface area contributed by atoms with Crippen molar-refractivity contribution in [3.05, 3.63) is 35.5 Å². The SMILES string of the molecule is COc1ccc(-c2cnc(C(C)N)s2)cc1. The van der Waals surface area contributed by atoms with Crippen LogP contribution < -0.4 is 10.5 Å². The third-order valence-corrected chi connectivity index (χ3v) is 3.53. The van der Waals surface area contributed by atoms with E-state index in [1.165, 1.54) is 0 Å². The van der Waals surface area contributed by atoms with Gasteiger partial charge in [0.1, 0.15) is 10.8 Å². The van der Waals surface area contributed by atoms with E-state index in [1.54, 1.807) is 18.4 Å². The number of aromatic nitrogens is 1. The van der Waals surface area contributed by atoms with Crippen molar-refractivity contribution in [1.82, 2.24) is 4.98 Å². The molecule has 0 fully saturated rings. The van der Waals surface area contributed by atoms with Crippen molar-refractivity contribution < 1.29 is 4.74 Å². The number of thiazole rings is 1. The summed E-state index contributed by atoms with van der Waals surface area (Å²) in [6.45, 7) is 1.94. The molecule has 2 N–H and O–H groups in total. The number of nitrogens with two attached hydrogens (primary N) is 1. The maximum Gasteiger partial charge on any atom is 0.118 e. The Kier molecular flexibility index (Phi) is 3.22. The Balaban J connectivity index is 2.28. The largest absolute Gasteiger partial charge is 0.497 e. The zero-order chi connectivity index (χ0) is 11.5. The second-order valence-corrected chi connectivity index (χ2v) is 4.64. The van der Waals surface area contributed by atoms with Gasteiger partial charge in [0, 0.05) is 6.20 Å². The number of ether oxygens (including phenoxy) is 1. The minimum Gasteiger partial charge on any atom is -0.497 e. The van der Waals surface area contributed by atoms with Crippen LogP contribution in [0, 0.1) is 0 Å². The highest BCUT2D eigenvalue weighted by atomic mass is 32.1. The van der Waals surface area contributed by atoms with Crippen molar-refractivity contribution in [3.63, 3.8) is 0 Å². The fourth-order valence-electron chi connectivity index (χ4n) is 1.39. The van der Waals surface area contributed by atoms with Crippen LogP contribution in [0.1, 0.15) is 18.0 Å². The van der Waals surface area contributed by atoms with Crippen LogP contribution >= 0.6 is 11.3 Å². The number of hydrogen-bond acceptors (Lipinski definition) is 4. The normalized spacial score (nSPS) is 12.4. The molecular weight excluding hydrogens is 220 g/mol. The molecule has 0 saturated carbocycles. The molecule has 0 radical (unpaired) electrons. The lowest BCUT2D eigenvalue weighted by Gasteiger charge is -2.00. The van der Waals surface area contributed by atoms with Gasteiger partial charge in [-0.2, -0.15) is 0 Å². The Morgan fingerprint density at radius 2 is 2.00 bits per heavy atom. The van der Waals surface area contributed by atoms with Gasteiger partial charge in [-0.3, -0.25) is 0 Å². The number of rotatable bonds is 3. The van der Waals surface area contributed by atoms with Crippen molar-refractivity contribution in [2.45, 2.75) is 13.0 Å². The number of nitrogens with zero attached hydrogens (tertiary/aromatic N) is 1. The molecule has 0 aliphatic rings. The molecule has 0 saturated heterocycles. The highest BCUT2D eigenvalue weighted by molar-refractivity contribution is 7.15. The van der Waals surface area contributed by atoms with Crippen molar-refractivity contribution in [1.29, 1.82) is 0 Å². The average Bonchev–Trinajstić information content (AvgIpc) is 2.78. The van der Waals surface area contributed by atoms with Crippen LogP contribution in [0.4, 0.5) is 0 Å². The Bertz CT molecular complexity index is 462. The van der Waals surface area contributed by atoms with E-state index in [-0.39, 0.29) is 6.04 Å². The van der Waals surface area contributed by atoms with Crippen LogP contribution in [0.5, 0.6) is 5.75 Å². The van der Waals surface area contributed by atoms with Gasteiger partial charge in [0.2, 0.25) is 0 Å². The van der Waals surface area contributed by atoms with Crippen molar-refractivity contribution in [3.8, 4) is 16.2 Å². The predicted molar refractivity (Wildman–Crippen MR) is 66.7 cm³/mol. The topological polar surface area (TPSA) is 48.1 Å². The summed E-state index contributed by atoms with van der Waals surface area (Å²) in [5, 5.41) is 0.964. The molecule has 1 aromatic carbocycles. The monoisotopic (exact) mass is 234 g/mol. The van der Waals surface area contributed by atoms with E-state index in [4.69, 9.17) is 10.5 Å². The average molecular weight is 234 g/mol. The molecule has 1 unspecified atom stereocenters. The van der Waals surface area contributed by atoms with Crippen LogP contribution in [0.15, 0.2) is 30.5 Å². The van der Waals surface area contributed by atoms with Gasteiger partial charge in [-0.25, -0.2) is 4.98 Å². The van der Waals surface area contributed by atoms with Gasteiger partial charge in [0.05, 0.1) is 18.0 Å². The summed E-state index contributed by atoms with van der Waals surface area (Å²) in [4.78, 5) is 5.43. The van der Waals surface area contributed by atoms with Gasteiger partial charge in [-0.05, 0) is 36.8 Å². The summed E-state index contributed by atoms with van der Waals surface area (Å²) >= 11 is 1.63. The summed E-state index contributed by atoms with van der Waals surface area (Å²) in [7, 11) is 1.66. The molecule has 0 aliphatic heterocycles. The fraction of sp³-hybridized carbons (Fsp3) is 0.250. The highest BCUT2D eigenvalue weighted by Gasteiger charge is 2.07. The molecule has 0 spiro atoms. The smallest absolute Gasteiger partial charge is 0.118 e. The summed E-state index contributed by atoms with van der Waals surface area (Å²) in [5.41, 5.74) is 6.92. The summed E-state index contributed by atoms with van der Waals surface area (Å²) in [6.07, 6.45) is 1.87. The molecule has 3 nitrogen and oxygen atoms in total. The van der Waals surface area contributed by atoms with Gasteiger partial charge in [-0.15, -0.1) is 11.3 Å². The van der Waals surface area contributed by atoms with E-state index in [2.05, 4.69) is 4.98 Å². The van der Waals surface area contributed by atoms with Crippen LogP contribution in [-0.4, -0.2) is 12.1 Å². The molecule has 4 heteroatoms. The Labute approximate surface area is 98.9 Å². The van der Waals surface area contributed by atoms with E-state index >= 15 is 0 Å². The van der Waals surface area contributed by atoms with E-state index in [0.717, 1.165) is 21.2 Å². The molecule has 1 aromatic heterocycles. The molecule has 2 aromatic rings. The first kappa shape index (κ1) is 11.1. The van der Waals surface area contributed by atoms with Crippen LogP contribution in [-0.2, 0) is 0 Å². The molecule has 84 valence electrons. The first-order chi connectivity index (χ1) is 7.70. The third kappa shape index (κ3) is 2.23. The Morgan fingerprint density at radius 1 is 1.31 bits per heavy atom. The number of hydrogen-bond donors (Lipinski definition) is 1. The van der Waals surface area contributed by atoms with E-state index in [9.17, 15) is 0 Å². The van der Waals surface area contributed by atoms with E-state index in [1.807, 2.05) is 37.4 Å². The second-order valence-electron chi connectivity index (χ2n) is 3.58. The number of methoxy groups -OCH3 is 1. The molecule has 2 rings (SSSR count). The van der Waals surface area contributed by atoms with Gasteiger partial charge in [0.25, 0.3) is 0 Å². The van der Waals surface area contributed by atoms with Crippen LogP contribution in [0.2, 0.25) is 0 Å². The lowest BCUT2D eigenvalue weighted by molar-refractivity contribution is 0.415. The first-order valence-electron chi connectivity index (χ1n) is 5.06. The molecule has 1 heterocycles. The molecule has 0 bridgehead atoms. The summed E-state index contributed by atoms with van der Waals surface area (Å²) in [5.74, 6) is 0.862. The van der Waals surface area contributed by atoms with E-state index in [0.29, 0.717) is 0 Å². The highest BCUT2D eigenvalue weighted by Crippen LogP contribution is 2.29. The number of benzene rings is 1. The van der Waals surface area contributed by atoms with Gasteiger partial charge >= 0.3 is 0 Å². The molecule has 16 heavy (non-hydrogen) atoms. The van der Waals surface area contributed by atoms with Crippen molar-refractivity contribution >= 4 is 11.3 Å². The molecule has 0 aliphatic carbocycles. The van der Waals surface area contributed by atoms with Crippen LogP contribution in [0.3, 0.4) is 0 Å². The predicted octanol–water partition coefficient (Wildman–Crippen LogP) is 2.84. The zero-order valence-electron chi connectivity index (χ0n) is 9.31.